The topological polar surface area (TPSA) is 35.2 Å². The van der Waals surface area contributed by atoms with E-state index >= 15 is 0 Å². The fraction of sp³-hybridized carbons (Fsp3) is 0.250. The van der Waals surface area contributed by atoms with Crippen molar-refractivity contribution >= 4 is 0 Å². The molecular weight excluding hydrogens is 241 g/mol. The molecule has 0 heterocycles. The van der Waals surface area contributed by atoms with Gasteiger partial charge in [-0.05, 0) is 26.0 Å². The van der Waals surface area contributed by atoms with E-state index in [1.165, 1.54) is 6.07 Å². The van der Waals surface area contributed by atoms with Gasteiger partial charge in [-0.2, -0.15) is 0 Å². The largest absolute Gasteiger partial charge is 0.496 e. The van der Waals surface area contributed by atoms with Crippen molar-refractivity contribution in [2.24, 2.45) is 5.73 Å². The van der Waals surface area contributed by atoms with Crippen LogP contribution >= 0.6 is 0 Å². The molecule has 0 aliphatic carbocycles. The van der Waals surface area contributed by atoms with E-state index < -0.39 is 5.54 Å². The maximum Gasteiger partial charge on any atom is 0.128 e. The minimum atomic E-state index is -0.942. The molecule has 0 spiro atoms. The molecule has 3 heteroatoms. The van der Waals surface area contributed by atoms with Crippen molar-refractivity contribution in [3.63, 3.8) is 0 Å². The van der Waals surface area contributed by atoms with E-state index in [4.69, 9.17) is 10.5 Å². The Morgan fingerprint density at radius 3 is 2.47 bits per heavy atom. The first-order valence-electron chi connectivity index (χ1n) is 6.16. The Bertz CT molecular complexity index is 593. The van der Waals surface area contributed by atoms with Crippen molar-refractivity contribution in [2.75, 3.05) is 7.11 Å². The van der Waals surface area contributed by atoms with Gasteiger partial charge in [-0.15, -0.1) is 0 Å². The summed E-state index contributed by atoms with van der Waals surface area (Å²) in [7, 11) is 1.58. The number of rotatable bonds is 3. The monoisotopic (exact) mass is 259 g/mol. The number of ether oxygens (including phenoxy) is 1. The van der Waals surface area contributed by atoms with Gasteiger partial charge in [-0.25, -0.2) is 4.39 Å². The van der Waals surface area contributed by atoms with E-state index in [0.717, 1.165) is 11.1 Å². The van der Waals surface area contributed by atoms with E-state index in [0.29, 0.717) is 11.3 Å². The molecule has 2 aromatic carbocycles. The number of benzene rings is 2. The van der Waals surface area contributed by atoms with Crippen LogP contribution in [0.15, 0.2) is 42.5 Å². The van der Waals surface area contributed by atoms with Crippen molar-refractivity contribution in [3.05, 3.63) is 65.0 Å². The van der Waals surface area contributed by atoms with Crippen LogP contribution in [-0.2, 0) is 5.54 Å². The third-order valence-corrected chi connectivity index (χ3v) is 3.35. The molecule has 0 fully saturated rings. The lowest BCUT2D eigenvalue weighted by molar-refractivity contribution is 0.396. The van der Waals surface area contributed by atoms with Crippen LogP contribution in [0.25, 0.3) is 0 Å². The highest BCUT2D eigenvalue weighted by Crippen LogP contribution is 2.34. The van der Waals surface area contributed by atoms with Gasteiger partial charge < -0.3 is 10.5 Å². The summed E-state index contributed by atoms with van der Waals surface area (Å²) in [5, 5.41) is 0. The van der Waals surface area contributed by atoms with Crippen LogP contribution in [0.3, 0.4) is 0 Å². The summed E-state index contributed by atoms with van der Waals surface area (Å²) in [5.41, 5.74) is 7.65. The van der Waals surface area contributed by atoms with Crippen LogP contribution in [0, 0.1) is 12.7 Å². The van der Waals surface area contributed by atoms with Crippen LogP contribution in [-0.4, -0.2) is 7.11 Å². The second-order valence-electron chi connectivity index (χ2n) is 4.89. The number of halogens is 1. The highest BCUT2D eigenvalue weighted by atomic mass is 19.1. The molecule has 0 saturated carbocycles. The molecule has 0 radical (unpaired) electrons. The second kappa shape index (κ2) is 5.02. The van der Waals surface area contributed by atoms with Gasteiger partial charge in [0.1, 0.15) is 11.6 Å². The summed E-state index contributed by atoms with van der Waals surface area (Å²) in [4.78, 5) is 0. The highest BCUT2D eigenvalue weighted by molar-refractivity contribution is 5.46. The smallest absolute Gasteiger partial charge is 0.128 e. The lowest BCUT2D eigenvalue weighted by atomic mass is 9.84. The Labute approximate surface area is 113 Å². The van der Waals surface area contributed by atoms with Gasteiger partial charge >= 0.3 is 0 Å². The first-order chi connectivity index (χ1) is 8.96. The molecule has 0 saturated heterocycles. The summed E-state index contributed by atoms with van der Waals surface area (Å²) in [5.74, 6) is 0.356. The highest BCUT2D eigenvalue weighted by Gasteiger charge is 2.29. The minimum absolute atomic E-state index is 0.304. The molecule has 2 rings (SSSR count). The molecule has 0 aliphatic heterocycles. The molecule has 0 amide bonds. The Kier molecular flexibility index (Phi) is 3.58. The maximum atomic E-state index is 14.1. The SMILES string of the molecule is COc1ccccc1C(C)(N)c1cc(C)ccc1F. The molecule has 1 unspecified atom stereocenters. The van der Waals surface area contributed by atoms with Crippen LogP contribution in [0.2, 0.25) is 0 Å². The Balaban J connectivity index is 2.61. The van der Waals surface area contributed by atoms with Crippen molar-refractivity contribution in [1.29, 1.82) is 0 Å². The fourth-order valence-corrected chi connectivity index (χ4v) is 2.26. The minimum Gasteiger partial charge on any atom is -0.496 e. The first kappa shape index (κ1) is 13.6. The molecule has 100 valence electrons. The summed E-state index contributed by atoms with van der Waals surface area (Å²) in [6.07, 6.45) is 0. The third-order valence-electron chi connectivity index (χ3n) is 3.35. The van der Waals surface area contributed by atoms with E-state index in [1.54, 1.807) is 26.2 Å². The lowest BCUT2D eigenvalue weighted by Gasteiger charge is -2.28. The van der Waals surface area contributed by atoms with Gasteiger partial charge in [0.15, 0.2) is 0 Å². The summed E-state index contributed by atoms with van der Waals surface area (Å²) >= 11 is 0. The molecule has 2 aromatic rings. The average molecular weight is 259 g/mol. The molecule has 0 aromatic heterocycles. The van der Waals surface area contributed by atoms with Gasteiger partial charge in [0.25, 0.3) is 0 Å². The number of nitrogens with two attached hydrogens (primary N) is 1. The number of methoxy groups -OCH3 is 1. The van der Waals surface area contributed by atoms with Crippen molar-refractivity contribution < 1.29 is 9.13 Å². The predicted molar refractivity (Wildman–Crippen MR) is 74.8 cm³/mol. The maximum absolute atomic E-state index is 14.1. The summed E-state index contributed by atoms with van der Waals surface area (Å²) < 4.78 is 19.4. The predicted octanol–water partition coefficient (Wildman–Crippen LogP) is 3.36. The van der Waals surface area contributed by atoms with E-state index in [-0.39, 0.29) is 5.82 Å². The standard InChI is InChI=1S/C16H18FNO/c1-11-8-9-14(17)13(10-11)16(2,18)12-6-4-5-7-15(12)19-3/h4-10H,18H2,1-3H3. The summed E-state index contributed by atoms with van der Waals surface area (Å²) in [6, 6.07) is 12.4. The molecular formula is C16H18FNO. The summed E-state index contributed by atoms with van der Waals surface area (Å²) in [6.45, 7) is 3.71. The van der Waals surface area contributed by atoms with Crippen LogP contribution in [0.1, 0.15) is 23.6 Å². The first-order valence-corrected chi connectivity index (χ1v) is 6.16. The van der Waals surface area contributed by atoms with Gasteiger partial charge in [0, 0.05) is 11.1 Å². The normalized spacial score (nSPS) is 13.9. The number of aryl methyl sites for hydroxylation is 1. The molecule has 19 heavy (non-hydrogen) atoms. The van der Waals surface area contributed by atoms with Gasteiger partial charge in [-0.3, -0.25) is 0 Å². The van der Waals surface area contributed by atoms with Gasteiger partial charge in [-0.1, -0.05) is 35.9 Å². The fourth-order valence-electron chi connectivity index (χ4n) is 2.26. The second-order valence-corrected chi connectivity index (χ2v) is 4.89. The average Bonchev–Trinajstić information content (AvgIpc) is 2.41. The molecule has 1 atom stereocenters. The zero-order valence-electron chi connectivity index (χ0n) is 11.4. The van der Waals surface area contributed by atoms with Crippen molar-refractivity contribution in [3.8, 4) is 5.75 Å². The lowest BCUT2D eigenvalue weighted by Crippen LogP contribution is -2.35. The number of hydrogen-bond acceptors (Lipinski definition) is 2. The van der Waals surface area contributed by atoms with Crippen molar-refractivity contribution in [2.45, 2.75) is 19.4 Å². The zero-order chi connectivity index (χ0) is 14.0. The third kappa shape index (κ3) is 2.47. The number of para-hydroxylation sites is 1. The van der Waals surface area contributed by atoms with Crippen LogP contribution in [0.4, 0.5) is 4.39 Å². The van der Waals surface area contributed by atoms with E-state index in [9.17, 15) is 4.39 Å². The Morgan fingerprint density at radius 1 is 1.11 bits per heavy atom. The van der Waals surface area contributed by atoms with Gasteiger partial charge in [0.2, 0.25) is 0 Å². The van der Waals surface area contributed by atoms with Crippen LogP contribution < -0.4 is 10.5 Å². The van der Waals surface area contributed by atoms with Crippen molar-refractivity contribution in [1.82, 2.24) is 0 Å². The number of hydrogen-bond donors (Lipinski definition) is 1. The zero-order valence-corrected chi connectivity index (χ0v) is 11.4. The Morgan fingerprint density at radius 2 is 1.79 bits per heavy atom. The van der Waals surface area contributed by atoms with E-state index in [1.807, 2.05) is 31.2 Å². The van der Waals surface area contributed by atoms with Gasteiger partial charge in [0.05, 0.1) is 12.6 Å². The Hall–Kier alpha value is -1.87. The quantitative estimate of drug-likeness (QED) is 0.917. The molecule has 0 aliphatic rings. The van der Waals surface area contributed by atoms with E-state index in [2.05, 4.69) is 0 Å². The molecule has 2 nitrogen and oxygen atoms in total. The molecule has 2 N–H and O–H groups in total. The van der Waals surface area contributed by atoms with Crippen LogP contribution in [0.5, 0.6) is 5.75 Å². The molecule has 0 bridgehead atoms.